The van der Waals surface area contributed by atoms with Gasteiger partial charge in [0, 0.05) is 12.1 Å². The number of rotatable bonds is 4. The molecule has 2 nitrogen and oxygen atoms in total. The van der Waals surface area contributed by atoms with E-state index in [0.717, 1.165) is 12.1 Å². The maximum atomic E-state index is 12.4. The van der Waals surface area contributed by atoms with E-state index in [0.29, 0.717) is 13.2 Å². The minimum absolute atomic E-state index is 0.0306. The molecule has 0 radical (unpaired) electrons. The fraction of sp³-hybridized carbons (Fsp3) is 0.538. The van der Waals surface area contributed by atoms with Crippen LogP contribution >= 0.6 is 0 Å². The fourth-order valence-corrected chi connectivity index (χ4v) is 1.36. The van der Waals surface area contributed by atoms with Crippen LogP contribution in [0.3, 0.4) is 0 Å². The fourth-order valence-electron chi connectivity index (χ4n) is 1.36. The van der Waals surface area contributed by atoms with Gasteiger partial charge in [-0.3, -0.25) is 0 Å². The third-order valence-electron chi connectivity index (χ3n) is 2.19. The minimum Gasteiger partial charge on any atom is -0.492 e. The molecule has 0 aliphatic heterocycles. The first-order chi connectivity index (χ1) is 8.18. The molecule has 0 amide bonds. The Labute approximate surface area is 105 Å². The predicted octanol–water partition coefficient (Wildman–Crippen LogP) is 3.47. The quantitative estimate of drug-likeness (QED) is 0.838. The van der Waals surface area contributed by atoms with Crippen molar-refractivity contribution in [2.75, 3.05) is 13.2 Å². The largest absolute Gasteiger partial charge is 0.492 e. The van der Waals surface area contributed by atoms with Gasteiger partial charge < -0.3 is 10.1 Å². The van der Waals surface area contributed by atoms with Crippen molar-refractivity contribution in [2.45, 2.75) is 32.5 Å². The first-order valence-corrected chi connectivity index (χ1v) is 5.73. The summed E-state index contributed by atoms with van der Waals surface area (Å²) in [5.74, 6) is 0.237. The number of nitrogens with one attached hydrogen (secondary N) is 1. The molecular weight excluding hydrogens is 243 g/mol. The molecule has 0 spiro atoms. The van der Waals surface area contributed by atoms with E-state index in [1.807, 2.05) is 20.8 Å². The molecule has 0 saturated carbocycles. The Morgan fingerprint density at radius 1 is 1.17 bits per heavy atom. The van der Waals surface area contributed by atoms with Gasteiger partial charge in [0.2, 0.25) is 0 Å². The smallest absolute Gasteiger partial charge is 0.416 e. The van der Waals surface area contributed by atoms with Gasteiger partial charge in [0.15, 0.2) is 0 Å². The van der Waals surface area contributed by atoms with Crippen LogP contribution in [-0.2, 0) is 6.18 Å². The first kappa shape index (κ1) is 14.8. The van der Waals surface area contributed by atoms with Crippen molar-refractivity contribution in [1.29, 1.82) is 0 Å². The number of alkyl halides is 3. The van der Waals surface area contributed by atoms with Gasteiger partial charge in [-0.1, -0.05) is 6.07 Å². The summed E-state index contributed by atoms with van der Waals surface area (Å²) < 4.78 is 42.6. The van der Waals surface area contributed by atoms with Crippen LogP contribution < -0.4 is 10.1 Å². The number of ether oxygens (including phenoxy) is 1. The van der Waals surface area contributed by atoms with Crippen molar-refractivity contribution in [3.05, 3.63) is 29.8 Å². The third-order valence-corrected chi connectivity index (χ3v) is 2.19. The standard InChI is InChI=1S/C13H18F3NO/c1-12(2,3)17-7-8-18-11-6-4-5-10(9-11)13(14,15)16/h4-6,9,17H,7-8H2,1-3H3. The van der Waals surface area contributed by atoms with Crippen molar-refractivity contribution in [1.82, 2.24) is 5.32 Å². The summed E-state index contributed by atoms with van der Waals surface area (Å²) in [7, 11) is 0. The Kier molecular flexibility index (Phi) is 4.62. The Morgan fingerprint density at radius 3 is 2.39 bits per heavy atom. The minimum atomic E-state index is -4.33. The van der Waals surface area contributed by atoms with Gasteiger partial charge in [-0.2, -0.15) is 13.2 Å². The number of benzene rings is 1. The van der Waals surface area contributed by atoms with Crippen molar-refractivity contribution in [3.8, 4) is 5.75 Å². The summed E-state index contributed by atoms with van der Waals surface area (Å²) in [5.41, 5.74) is -0.722. The lowest BCUT2D eigenvalue weighted by atomic mass is 10.1. The zero-order valence-electron chi connectivity index (χ0n) is 10.8. The summed E-state index contributed by atoms with van der Waals surface area (Å²) in [6.07, 6.45) is -4.33. The average molecular weight is 261 g/mol. The predicted molar refractivity (Wildman–Crippen MR) is 64.7 cm³/mol. The molecule has 0 heterocycles. The van der Waals surface area contributed by atoms with Crippen LogP contribution in [0, 0.1) is 0 Å². The number of hydrogen-bond acceptors (Lipinski definition) is 2. The lowest BCUT2D eigenvalue weighted by Crippen LogP contribution is -2.38. The first-order valence-electron chi connectivity index (χ1n) is 5.73. The Balaban J connectivity index is 2.49. The van der Waals surface area contributed by atoms with E-state index in [1.165, 1.54) is 12.1 Å². The second-order valence-electron chi connectivity index (χ2n) is 5.05. The van der Waals surface area contributed by atoms with Gasteiger partial charge in [0.25, 0.3) is 0 Å². The Morgan fingerprint density at radius 2 is 1.83 bits per heavy atom. The summed E-state index contributed by atoms with van der Waals surface area (Å²) in [4.78, 5) is 0. The second-order valence-corrected chi connectivity index (χ2v) is 5.05. The molecule has 1 aromatic carbocycles. The molecule has 0 aliphatic rings. The highest BCUT2D eigenvalue weighted by molar-refractivity contribution is 5.30. The van der Waals surface area contributed by atoms with Gasteiger partial charge in [0.05, 0.1) is 5.56 Å². The Bertz CT molecular complexity index is 383. The molecule has 0 saturated heterocycles. The zero-order chi connectivity index (χ0) is 13.8. The van der Waals surface area contributed by atoms with Crippen LogP contribution in [0.2, 0.25) is 0 Å². The van der Waals surface area contributed by atoms with Crippen LogP contribution in [0.15, 0.2) is 24.3 Å². The zero-order valence-corrected chi connectivity index (χ0v) is 10.8. The molecule has 0 aliphatic carbocycles. The molecule has 18 heavy (non-hydrogen) atoms. The van der Waals surface area contributed by atoms with Gasteiger partial charge in [-0.15, -0.1) is 0 Å². The van der Waals surface area contributed by atoms with Crippen molar-refractivity contribution in [3.63, 3.8) is 0 Å². The van der Waals surface area contributed by atoms with Gasteiger partial charge in [0.1, 0.15) is 12.4 Å². The molecule has 0 unspecified atom stereocenters. The molecular formula is C13H18F3NO. The van der Waals surface area contributed by atoms with E-state index < -0.39 is 11.7 Å². The average Bonchev–Trinajstić information content (AvgIpc) is 2.22. The second kappa shape index (κ2) is 5.61. The lowest BCUT2D eigenvalue weighted by molar-refractivity contribution is -0.137. The molecule has 0 atom stereocenters. The molecule has 1 aromatic rings. The molecule has 0 fully saturated rings. The Hall–Kier alpha value is -1.23. The van der Waals surface area contributed by atoms with E-state index in [9.17, 15) is 13.2 Å². The highest BCUT2D eigenvalue weighted by Gasteiger charge is 2.30. The molecule has 1 N–H and O–H groups in total. The summed E-state index contributed by atoms with van der Waals surface area (Å²) >= 11 is 0. The molecule has 5 heteroatoms. The summed E-state index contributed by atoms with van der Waals surface area (Å²) in [6, 6.07) is 4.90. The summed E-state index contributed by atoms with van der Waals surface area (Å²) in [5, 5.41) is 3.19. The van der Waals surface area contributed by atoms with Gasteiger partial charge in [-0.25, -0.2) is 0 Å². The van der Waals surface area contributed by atoms with Crippen LogP contribution in [0.25, 0.3) is 0 Å². The number of hydrogen-bond donors (Lipinski definition) is 1. The van der Waals surface area contributed by atoms with Crippen LogP contribution in [0.5, 0.6) is 5.75 Å². The topological polar surface area (TPSA) is 21.3 Å². The molecule has 0 bridgehead atoms. The SMILES string of the molecule is CC(C)(C)NCCOc1cccc(C(F)(F)F)c1. The van der Waals surface area contributed by atoms with E-state index >= 15 is 0 Å². The van der Waals surface area contributed by atoms with Crippen LogP contribution in [-0.4, -0.2) is 18.7 Å². The molecule has 1 rings (SSSR count). The van der Waals surface area contributed by atoms with E-state index in [-0.39, 0.29) is 11.3 Å². The highest BCUT2D eigenvalue weighted by atomic mass is 19.4. The van der Waals surface area contributed by atoms with E-state index in [1.54, 1.807) is 0 Å². The number of halogens is 3. The highest BCUT2D eigenvalue weighted by Crippen LogP contribution is 2.31. The van der Waals surface area contributed by atoms with Crippen molar-refractivity contribution < 1.29 is 17.9 Å². The van der Waals surface area contributed by atoms with E-state index in [2.05, 4.69) is 5.32 Å². The maximum absolute atomic E-state index is 12.4. The van der Waals surface area contributed by atoms with E-state index in [4.69, 9.17) is 4.74 Å². The van der Waals surface area contributed by atoms with Crippen molar-refractivity contribution in [2.24, 2.45) is 0 Å². The van der Waals surface area contributed by atoms with Gasteiger partial charge >= 0.3 is 6.18 Å². The van der Waals surface area contributed by atoms with Crippen LogP contribution in [0.4, 0.5) is 13.2 Å². The third kappa shape index (κ3) is 5.40. The lowest BCUT2D eigenvalue weighted by Gasteiger charge is -2.20. The summed E-state index contributed by atoms with van der Waals surface area (Å²) in [6.45, 7) is 6.95. The monoisotopic (exact) mass is 261 g/mol. The molecule has 0 aromatic heterocycles. The normalized spacial score (nSPS) is 12.6. The maximum Gasteiger partial charge on any atom is 0.416 e. The van der Waals surface area contributed by atoms with Crippen LogP contribution in [0.1, 0.15) is 26.3 Å². The van der Waals surface area contributed by atoms with Gasteiger partial charge in [-0.05, 0) is 39.0 Å². The van der Waals surface area contributed by atoms with Crippen molar-refractivity contribution >= 4 is 0 Å². The molecule has 102 valence electrons.